The van der Waals surface area contributed by atoms with E-state index < -0.39 is 6.16 Å². The van der Waals surface area contributed by atoms with Gasteiger partial charge >= 0.3 is 6.16 Å². The minimum absolute atomic E-state index is 0.292. The maximum atomic E-state index is 10.6. The Balaban J connectivity index is 1.37. The van der Waals surface area contributed by atoms with Crippen LogP contribution in [0.3, 0.4) is 0 Å². The number of aromatic nitrogens is 3. The lowest BCUT2D eigenvalue weighted by Crippen LogP contribution is -2.02. The van der Waals surface area contributed by atoms with E-state index in [9.17, 15) is 4.79 Å². The van der Waals surface area contributed by atoms with Crippen molar-refractivity contribution < 1.29 is 14.6 Å². The molecule has 6 heteroatoms. The number of hydrogen-bond donors (Lipinski definition) is 1. The zero-order valence-electron chi connectivity index (χ0n) is 16.3. The molecular formula is C25H17N3O3. The summed E-state index contributed by atoms with van der Waals surface area (Å²) < 4.78 is 4.61. The van der Waals surface area contributed by atoms with Crippen LogP contribution in [0.15, 0.2) is 84.9 Å². The van der Waals surface area contributed by atoms with E-state index in [4.69, 9.17) is 10.2 Å². The Morgan fingerprint density at radius 3 is 2.19 bits per heavy atom. The summed E-state index contributed by atoms with van der Waals surface area (Å²) in [6.45, 7) is 0. The van der Waals surface area contributed by atoms with Crippen molar-refractivity contribution in [2.75, 3.05) is 0 Å². The van der Waals surface area contributed by atoms with Crippen molar-refractivity contribution in [1.29, 1.82) is 0 Å². The molecule has 5 aromatic rings. The van der Waals surface area contributed by atoms with Gasteiger partial charge in [-0.2, -0.15) is 4.80 Å². The van der Waals surface area contributed by atoms with Gasteiger partial charge in [-0.05, 0) is 46.8 Å². The monoisotopic (exact) mass is 407 g/mol. The van der Waals surface area contributed by atoms with Crippen molar-refractivity contribution >= 4 is 40.1 Å². The van der Waals surface area contributed by atoms with Crippen molar-refractivity contribution in [3.63, 3.8) is 0 Å². The largest absolute Gasteiger partial charge is 0.511 e. The molecule has 5 rings (SSSR count). The highest BCUT2D eigenvalue weighted by Crippen LogP contribution is 2.23. The average Bonchev–Trinajstić information content (AvgIpc) is 3.24. The summed E-state index contributed by atoms with van der Waals surface area (Å²) in [5, 5.41) is 20.2. The molecule has 0 spiro atoms. The van der Waals surface area contributed by atoms with Crippen LogP contribution >= 0.6 is 0 Å². The Hall–Kier alpha value is -4.45. The van der Waals surface area contributed by atoms with Crippen molar-refractivity contribution in [3.8, 4) is 11.4 Å². The fourth-order valence-corrected chi connectivity index (χ4v) is 3.42. The normalized spacial score (nSPS) is 11.4. The van der Waals surface area contributed by atoms with Gasteiger partial charge in [0.1, 0.15) is 16.8 Å². The van der Waals surface area contributed by atoms with E-state index in [0.29, 0.717) is 5.75 Å². The van der Waals surface area contributed by atoms with E-state index in [1.807, 2.05) is 54.6 Å². The van der Waals surface area contributed by atoms with Gasteiger partial charge in [-0.15, -0.1) is 10.2 Å². The molecule has 0 atom stereocenters. The molecule has 1 aromatic heterocycles. The smallest absolute Gasteiger partial charge is 0.449 e. The lowest BCUT2D eigenvalue weighted by atomic mass is 10.1. The van der Waals surface area contributed by atoms with Crippen molar-refractivity contribution in [3.05, 3.63) is 96.1 Å². The first kappa shape index (κ1) is 18.6. The summed E-state index contributed by atoms with van der Waals surface area (Å²) in [5.74, 6) is 0.292. The topological polar surface area (TPSA) is 77.2 Å². The summed E-state index contributed by atoms with van der Waals surface area (Å²) in [7, 11) is 0. The first-order valence-corrected chi connectivity index (χ1v) is 9.70. The van der Waals surface area contributed by atoms with E-state index in [1.165, 1.54) is 0 Å². The molecule has 0 amide bonds. The van der Waals surface area contributed by atoms with Gasteiger partial charge in [0, 0.05) is 5.39 Å². The van der Waals surface area contributed by atoms with Crippen LogP contribution in [0.5, 0.6) is 5.75 Å². The van der Waals surface area contributed by atoms with Crippen LogP contribution in [0.4, 0.5) is 4.79 Å². The zero-order chi connectivity index (χ0) is 21.2. The Morgan fingerprint density at radius 2 is 1.48 bits per heavy atom. The highest BCUT2D eigenvalue weighted by atomic mass is 16.7. The molecule has 1 heterocycles. The summed E-state index contributed by atoms with van der Waals surface area (Å²) in [5.41, 5.74) is 4.59. The van der Waals surface area contributed by atoms with E-state index in [2.05, 4.69) is 28.0 Å². The predicted molar refractivity (Wildman–Crippen MR) is 120 cm³/mol. The van der Waals surface area contributed by atoms with E-state index in [1.54, 1.807) is 29.1 Å². The number of rotatable bonds is 4. The summed E-state index contributed by atoms with van der Waals surface area (Å²) >= 11 is 0. The second kappa shape index (κ2) is 7.76. The molecule has 4 aromatic carbocycles. The predicted octanol–water partition coefficient (Wildman–Crippen LogP) is 5.80. The number of carboxylic acid groups (broad SMARTS) is 1. The third-order valence-electron chi connectivity index (χ3n) is 4.95. The molecule has 6 nitrogen and oxygen atoms in total. The molecule has 0 fully saturated rings. The molecule has 0 aliphatic heterocycles. The van der Waals surface area contributed by atoms with Gasteiger partial charge in [-0.25, -0.2) is 4.79 Å². The molecule has 0 aliphatic carbocycles. The van der Waals surface area contributed by atoms with Gasteiger partial charge in [-0.1, -0.05) is 66.7 Å². The van der Waals surface area contributed by atoms with Crippen LogP contribution in [0.1, 0.15) is 11.1 Å². The van der Waals surface area contributed by atoms with Crippen molar-refractivity contribution in [2.24, 2.45) is 0 Å². The maximum absolute atomic E-state index is 10.6. The molecule has 0 aliphatic rings. The second-order valence-corrected chi connectivity index (χ2v) is 7.01. The highest BCUT2D eigenvalue weighted by molar-refractivity contribution is 6.03. The van der Waals surface area contributed by atoms with E-state index in [0.717, 1.165) is 38.6 Å². The van der Waals surface area contributed by atoms with Gasteiger partial charge in [0.2, 0.25) is 0 Å². The molecule has 0 unspecified atom stereocenters. The Morgan fingerprint density at radius 1 is 0.806 bits per heavy atom. The van der Waals surface area contributed by atoms with Crippen LogP contribution < -0.4 is 4.74 Å². The number of ether oxygens (including phenoxy) is 1. The molecule has 1 N–H and O–H groups in total. The number of hydrogen-bond acceptors (Lipinski definition) is 4. The Labute approximate surface area is 177 Å². The SMILES string of the molecule is O=C(O)Oc1ccc(C=Cc2ccc(-n3nc4ccc5ccccc5c4n3)cc2)cc1. The third kappa shape index (κ3) is 3.86. The zero-order valence-corrected chi connectivity index (χ0v) is 16.3. The van der Waals surface area contributed by atoms with Gasteiger partial charge in [0.15, 0.2) is 0 Å². The molecule has 0 radical (unpaired) electrons. The lowest BCUT2D eigenvalue weighted by molar-refractivity contribution is 0.144. The summed E-state index contributed by atoms with van der Waals surface area (Å²) in [6.07, 6.45) is 2.61. The fraction of sp³-hybridized carbons (Fsp3) is 0. The van der Waals surface area contributed by atoms with Crippen molar-refractivity contribution in [2.45, 2.75) is 0 Å². The van der Waals surface area contributed by atoms with Gasteiger partial charge in [0.25, 0.3) is 0 Å². The first-order valence-electron chi connectivity index (χ1n) is 9.70. The third-order valence-corrected chi connectivity index (χ3v) is 4.95. The molecule has 0 saturated heterocycles. The summed E-state index contributed by atoms with van der Waals surface area (Å²) in [4.78, 5) is 12.2. The number of benzene rings is 4. The van der Waals surface area contributed by atoms with Crippen LogP contribution in [0.2, 0.25) is 0 Å². The first-order chi connectivity index (χ1) is 15.2. The van der Waals surface area contributed by atoms with Crippen LogP contribution in [0, 0.1) is 0 Å². The molecule has 0 bridgehead atoms. The van der Waals surface area contributed by atoms with Gasteiger partial charge in [0.05, 0.1) is 5.69 Å². The molecular weight excluding hydrogens is 390 g/mol. The lowest BCUT2D eigenvalue weighted by Gasteiger charge is -2.01. The second-order valence-electron chi connectivity index (χ2n) is 7.01. The minimum atomic E-state index is -1.32. The van der Waals surface area contributed by atoms with Crippen LogP contribution in [0.25, 0.3) is 39.6 Å². The van der Waals surface area contributed by atoms with E-state index >= 15 is 0 Å². The van der Waals surface area contributed by atoms with E-state index in [-0.39, 0.29) is 0 Å². The van der Waals surface area contributed by atoms with Gasteiger partial charge in [-0.3, -0.25) is 0 Å². The Bertz CT molecular complexity index is 1420. The van der Waals surface area contributed by atoms with Crippen LogP contribution in [-0.2, 0) is 0 Å². The van der Waals surface area contributed by atoms with Gasteiger partial charge < -0.3 is 9.84 Å². The number of fused-ring (bicyclic) bond motifs is 3. The maximum Gasteiger partial charge on any atom is 0.511 e. The standard InChI is InChI=1S/C25H17N3O3/c29-25(30)31-21-14-9-18(10-15-21)6-5-17-7-12-20(13-8-17)28-26-23-16-11-19-3-1-2-4-22(19)24(23)27-28/h1-16H,(H,29,30). The number of carbonyl (C=O) groups is 1. The average molecular weight is 407 g/mol. The quantitative estimate of drug-likeness (QED) is 0.231. The Kier molecular flexibility index (Phi) is 4.65. The highest BCUT2D eigenvalue weighted by Gasteiger charge is 2.08. The van der Waals surface area contributed by atoms with Crippen molar-refractivity contribution in [1.82, 2.24) is 15.0 Å². The van der Waals surface area contributed by atoms with Crippen LogP contribution in [-0.4, -0.2) is 26.3 Å². The molecule has 150 valence electrons. The molecule has 0 saturated carbocycles. The summed E-state index contributed by atoms with van der Waals surface area (Å²) in [6, 6.07) is 27.0. The minimum Gasteiger partial charge on any atom is -0.449 e. The number of nitrogens with zero attached hydrogens (tertiary/aromatic N) is 3. The fourth-order valence-electron chi connectivity index (χ4n) is 3.42. The molecule has 31 heavy (non-hydrogen) atoms.